The lowest BCUT2D eigenvalue weighted by Crippen LogP contribution is -2.34. The van der Waals surface area contributed by atoms with Gasteiger partial charge in [0.2, 0.25) is 0 Å². The van der Waals surface area contributed by atoms with Gasteiger partial charge in [0.1, 0.15) is 0 Å². The molecule has 0 spiro atoms. The van der Waals surface area contributed by atoms with Crippen LogP contribution < -0.4 is 5.73 Å². The molecular formula is C12H28N2O. The highest BCUT2D eigenvalue weighted by Gasteiger charge is 2.10. The number of rotatable bonds is 8. The van der Waals surface area contributed by atoms with E-state index < -0.39 is 0 Å². The zero-order valence-corrected chi connectivity index (χ0v) is 11.0. The molecule has 0 aromatic heterocycles. The minimum Gasteiger partial charge on any atom is -0.384 e. The first-order chi connectivity index (χ1) is 6.97. The van der Waals surface area contributed by atoms with Crippen LogP contribution >= 0.6 is 0 Å². The van der Waals surface area contributed by atoms with E-state index in [1.54, 1.807) is 7.11 Å². The lowest BCUT2D eigenvalue weighted by molar-refractivity contribution is 0.136. The van der Waals surface area contributed by atoms with Crippen molar-refractivity contribution >= 4 is 0 Å². The predicted octanol–water partition coefficient (Wildman–Crippen LogP) is 1.57. The highest BCUT2D eigenvalue weighted by Crippen LogP contribution is 2.05. The molecule has 0 fully saturated rings. The summed E-state index contributed by atoms with van der Waals surface area (Å²) in [6, 6.07) is 0.324. The molecule has 0 aliphatic heterocycles. The molecule has 0 aromatic rings. The normalized spacial score (nSPS) is 16.0. The Morgan fingerprint density at radius 3 is 2.33 bits per heavy atom. The van der Waals surface area contributed by atoms with Crippen LogP contribution in [0.15, 0.2) is 0 Å². The van der Waals surface area contributed by atoms with Crippen LogP contribution in [0.3, 0.4) is 0 Å². The summed E-state index contributed by atoms with van der Waals surface area (Å²) in [6.07, 6.45) is 1.08. The molecule has 0 bridgehead atoms. The molecule has 0 heterocycles. The lowest BCUT2D eigenvalue weighted by Gasteiger charge is -2.23. The largest absolute Gasteiger partial charge is 0.384 e. The smallest absolute Gasteiger partial charge is 0.0500 e. The Morgan fingerprint density at radius 2 is 1.87 bits per heavy atom. The van der Waals surface area contributed by atoms with E-state index >= 15 is 0 Å². The van der Waals surface area contributed by atoms with Crippen LogP contribution in [-0.2, 0) is 4.74 Å². The molecule has 3 nitrogen and oxygen atoms in total. The van der Waals surface area contributed by atoms with E-state index in [4.69, 9.17) is 10.5 Å². The van der Waals surface area contributed by atoms with Gasteiger partial charge in [-0.15, -0.1) is 0 Å². The minimum atomic E-state index is 0.324. The monoisotopic (exact) mass is 216 g/mol. The maximum absolute atomic E-state index is 6.00. The number of nitrogens with two attached hydrogens (primary N) is 1. The summed E-state index contributed by atoms with van der Waals surface area (Å²) in [5.41, 5.74) is 6.00. The maximum atomic E-state index is 6.00. The Bertz CT molecular complexity index is 151. The van der Waals surface area contributed by atoms with Crippen molar-refractivity contribution in [2.75, 3.05) is 33.9 Å². The average Bonchev–Trinajstić information content (AvgIpc) is 2.14. The van der Waals surface area contributed by atoms with Crippen molar-refractivity contribution < 1.29 is 4.74 Å². The van der Waals surface area contributed by atoms with Crippen LogP contribution in [0.5, 0.6) is 0 Å². The molecule has 15 heavy (non-hydrogen) atoms. The lowest BCUT2D eigenvalue weighted by atomic mass is 10.0. The predicted molar refractivity (Wildman–Crippen MR) is 66.0 cm³/mol. The fraction of sp³-hybridized carbons (Fsp3) is 1.00. The van der Waals surface area contributed by atoms with Crippen LogP contribution in [0, 0.1) is 11.8 Å². The topological polar surface area (TPSA) is 38.5 Å². The maximum Gasteiger partial charge on any atom is 0.0500 e. The van der Waals surface area contributed by atoms with Crippen molar-refractivity contribution in [2.24, 2.45) is 17.6 Å². The molecule has 0 aromatic carbocycles. The first-order valence-corrected chi connectivity index (χ1v) is 5.90. The molecule has 92 valence electrons. The second kappa shape index (κ2) is 8.08. The summed E-state index contributed by atoms with van der Waals surface area (Å²) in [5, 5.41) is 0. The van der Waals surface area contributed by atoms with Crippen LogP contribution in [0.4, 0.5) is 0 Å². The van der Waals surface area contributed by atoms with Crippen molar-refractivity contribution in [3.05, 3.63) is 0 Å². The number of hydrogen-bond acceptors (Lipinski definition) is 3. The summed E-state index contributed by atoms with van der Waals surface area (Å²) in [4.78, 5) is 2.34. The molecule has 2 atom stereocenters. The van der Waals surface area contributed by atoms with Crippen molar-refractivity contribution in [3.63, 3.8) is 0 Å². The summed E-state index contributed by atoms with van der Waals surface area (Å²) in [5.74, 6) is 1.17. The van der Waals surface area contributed by atoms with E-state index in [1.807, 2.05) is 0 Å². The van der Waals surface area contributed by atoms with Gasteiger partial charge in [0, 0.05) is 26.3 Å². The van der Waals surface area contributed by atoms with Crippen LogP contribution in [0.25, 0.3) is 0 Å². The van der Waals surface area contributed by atoms with E-state index in [-0.39, 0.29) is 0 Å². The molecule has 0 aliphatic carbocycles. The van der Waals surface area contributed by atoms with E-state index in [2.05, 4.69) is 32.7 Å². The number of ether oxygens (including phenoxy) is 1. The first kappa shape index (κ1) is 14.9. The molecule has 0 aliphatic rings. The molecule has 3 heteroatoms. The van der Waals surface area contributed by atoms with Crippen molar-refractivity contribution in [1.29, 1.82) is 0 Å². The molecule has 2 unspecified atom stereocenters. The average molecular weight is 216 g/mol. The van der Waals surface area contributed by atoms with Gasteiger partial charge in [0.15, 0.2) is 0 Å². The minimum absolute atomic E-state index is 0.324. The zero-order chi connectivity index (χ0) is 11.8. The molecule has 0 saturated carbocycles. The Kier molecular flexibility index (Phi) is 8.02. The van der Waals surface area contributed by atoms with Crippen molar-refractivity contribution in [3.8, 4) is 0 Å². The Balaban J connectivity index is 3.60. The van der Waals surface area contributed by atoms with Gasteiger partial charge in [-0.05, 0) is 31.8 Å². The summed E-state index contributed by atoms with van der Waals surface area (Å²) in [7, 11) is 3.91. The van der Waals surface area contributed by atoms with Gasteiger partial charge in [-0.2, -0.15) is 0 Å². The van der Waals surface area contributed by atoms with Gasteiger partial charge in [-0.25, -0.2) is 0 Å². The Morgan fingerprint density at radius 1 is 1.27 bits per heavy atom. The fourth-order valence-corrected chi connectivity index (χ4v) is 1.66. The Labute approximate surface area is 95.0 Å². The van der Waals surface area contributed by atoms with Gasteiger partial charge < -0.3 is 15.4 Å². The first-order valence-electron chi connectivity index (χ1n) is 5.90. The highest BCUT2D eigenvalue weighted by molar-refractivity contribution is 4.68. The van der Waals surface area contributed by atoms with Gasteiger partial charge in [0.05, 0.1) is 0 Å². The third-order valence-corrected chi connectivity index (χ3v) is 2.77. The van der Waals surface area contributed by atoms with E-state index in [0.29, 0.717) is 17.9 Å². The number of methoxy groups -OCH3 is 1. The van der Waals surface area contributed by atoms with Crippen LogP contribution in [-0.4, -0.2) is 44.8 Å². The van der Waals surface area contributed by atoms with Crippen molar-refractivity contribution in [1.82, 2.24) is 4.90 Å². The number of nitrogens with zero attached hydrogens (tertiary/aromatic N) is 1. The quantitative estimate of drug-likeness (QED) is 0.669. The molecule has 0 saturated heterocycles. The molecular weight excluding hydrogens is 188 g/mol. The third kappa shape index (κ3) is 7.77. The van der Waals surface area contributed by atoms with E-state index in [0.717, 1.165) is 26.1 Å². The summed E-state index contributed by atoms with van der Waals surface area (Å²) < 4.78 is 5.12. The second-order valence-corrected chi connectivity index (χ2v) is 5.02. The number of hydrogen-bond donors (Lipinski definition) is 1. The van der Waals surface area contributed by atoms with Crippen LogP contribution in [0.1, 0.15) is 27.2 Å². The molecule has 0 amide bonds. The highest BCUT2D eigenvalue weighted by atomic mass is 16.5. The SMILES string of the molecule is COCC(C)CN(C)CCC(N)C(C)C. The van der Waals surface area contributed by atoms with Gasteiger partial charge in [-0.1, -0.05) is 20.8 Å². The summed E-state index contributed by atoms with van der Waals surface area (Å²) >= 11 is 0. The standard InChI is InChI=1S/C12H28N2O/c1-10(2)12(13)6-7-14(4)8-11(3)9-15-5/h10-12H,6-9,13H2,1-5H3. The molecule has 2 N–H and O–H groups in total. The van der Waals surface area contributed by atoms with Gasteiger partial charge in [0.25, 0.3) is 0 Å². The summed E-state index contributed by atoms with van der Waals surface area (Å²) in [6.45, 7) is 9.56. The molecule has 0 radical (unpaired) electrons. The van der Waals surface area contributed by atoms with Gasteiger partial charge in [-0.3, -0.25) is 0 Å². The van der Waals surface area contributed by atoms with Crippen molar-refractivity contribution in [2.45, 2.75) is 33.2 Å². The van der Waals surface area contributed by atoms with E-state index in [9.17, 15) is 0 Å². The zero-order valence-electron chi connectivity index (χ0n) is 11.0. The third-order valence-electron chi connectivity index (χ3n) is 2.77. The van der Waals surface area contributed by atoms with Gasteiger partial charge >= 0.3 is 0 Å². The van der Waals surface area contributed by atoms with Crippen LogP contribution in [0.2, 0.25) is 0 Å². The second-order valence-electron chi connectivity index (χ2n) is 5.02. The fourth-order valence-electron chi connectivity index (χ4n) is 1.66. The molecule has 0 rings (SSSR count). The Hall–Kier alpha value is -0.120. The van der Waals surface area contributed by atoms with E-state index in [1.165, 1.54) is 0 Å².